The highest BCUT2D eigenvalue weighted by Gasteiger charge is 2.34. The molecule has 0 saturated heterocycles. The molecule has 0 aliphatic carbocycles. The molecule has 38 heavy (non-hydrogen) atoms. The van der Waals surface area contributed by atoms with E-state index < -0.39 is 35.8 Å². The van der Waals surface area contributed by atoms with Crippen LogP contribution in [0.1, 0.15) is 23.0 Å². The second-order valence-corrected chi connectivity index (χ2v) is 7.75. The molecule has 2 atom stereocenters. The summed E-state index contributed by atoms with van der Waals surface area (Å²) >= 11 is 0. The molecule has 0 saturated carbocycles. The smallest absolute Gasteiger partial charge is 0.420 e. The van der Waals surface area contributed by atoms with Gasteiger partial charge >= 0.3 is 12.2 Å². The third kappa shape index (κ3) is 5.66. The summed E-state index contributed by atoms with van der Waals surface area (Å²) in [7, 11) is 2.17. The lowest BCUT2D eigenvalue weighted by molar-refractivity contribution is -0.119. The van der Waals surface area contributed by atoms with Gasteiger partial charge in [-0.1, -0.05) is 60.7 Å². The first-order valence-electron chi connectivity index (χ1n) is 11.2. The number of anilines is 2. The monoisotopic (exact) mass is 510 g/mol. The molecule has 0 aromatic heterocycles. The number of methoxy groups -OCH3 is 2. The van der Waals surface area contributed by atoms with Gasteiger partial charge in [0.25, 0.3) is 11.8 Å². The van der Waals surface area contributed by atoms with Gasteiger partial charge in [0, 0.05) is 0 Å². The molecule has 3 rings (SSSR count). The molecule has 0 bridgehead atoms. The first kappa shape index (κ1) is 27.1. The average Bonchev–Trinajstić information content (AvgIpc) is 2.96. The fourth-order valence-corrected chi connectivity index (χ4v) is 3.67. The van der Waals surface area contributed by atoms with Crippen LogP contribution in [-0.2, 0) is 19.1 Å². The van der Waals surface area contributed by atoms with Crippen LogP contribution in [0.3, 0.4) is 0 Å². The lowest BCUT2D eigenvalue weighted by Crippen LogP contribution is -2.41. The zero-order chi connectivity index (χ0) is 27.7. The normalized spacial score (nSPS) is 11.6. The van der Waals surface area contributed by atoms with E-state index in [-0.39, 0.29) is 11.4 Å². The third-order valence-electron chi connectivity index (χ3n) is 5.54. The van der Waals surface area contributed by atoms with Crippen molar-refractivity contribution in [2.45, 2.75) is 11.8 Å². The Hall–Kier alpha value is -5.48. The lowest BCUT2D eigenvalue weighted by atomic mass is 9.98. The Morgan fingerprint density at radius 1 is 0.605 bits per heavy atom. The van der Waals surface area contributed by atoms with Crippen molar-refractivity contribution in [1.82, 2.24) is 0 Å². The van der Waals surface area contributed by atoms with Gasteiger partial charge in [0.05, 0.1) is 37.7 Å². The molecule has 10 nitrogen and oxygen atoms in total. The number of carbonyl (C=O) groups excluding carboxylic acids is 4. The first-order chi connectivity index (χ1) is 18.4. The standard InChI is InChI=1S/C28H22N4O6/c1-37-27(35)31(25(33)23(17-29)19-9-5-3-6-10-19)21-13-15-22(16-14-21)32(28(36)38-2)26(34)24(18-30)20-11-7-4-8-12-20/h3-16,23-24H,1-2H3. The number of amides is 4. The van der Waals surface area contributed by atoms with Crippen LogP contribution < -0.4 is 9.80 Å². The lowest BCUT2D eigenvalue weighted by Gasteiger charge is -2.24. The Bertz CT molecular complexity index is 1290. The SMILES string of the molecule is COC(=O)N(C(=O)C(C#N)c1ccccc1)c1ccc(N(C(=O)OC)C(=O)C(C#N)c2ccccc2)cc1. The van der Waals surface area contributed by atoms with Crippen LogP contribution in [0.2, 0.25) is 0 Å². The maximum absolute atomic E-state index is 13.3. The second-order valence-electron chi connectivity index (χ2n) is 7.75. The Balaban J connectivity index is 1.99. The molecule has 0 heterocycles. The van der Waals surface area contributed by atoms with Gasteiger partial charge in [0.2, 0.25) is 0 Å². The van der Waals surface area contributed by atoms with Gasteiger partial charge in [-0.05, 0) is 35.4 Å². The van der Waals surface area contributed by atoms with Crippen molar-refractivity contribution in [2.75, 3.05) is 24.0 Å². The van der Waals surface area contributed by atoms with Crippen LogP contribution >= 0.6 is 0 Å². The first-order valence-corrected chi connectivity index (χ1v) is 11.2. The van der Waals surface area contributed by atoms with Crippen molar-refractivity contribution in [3.8, 4) is 12.1 Å². The van der Waals surface area contributed by atoms with Crippen molar-refractivity contribution in [2.24, 2.45) is 0 Å². The van der Waals surface area contributed by atoms with Crippen molar-refractivity contribution >= 4 is 35.4 Å². The molecule has 10 heteroatoms. The number of nitriles is 2. The Morgan fingerprint density at radius 3 is 1.18 bits per heavy atom. The van der Waals surface area contributed by atoms with Crippen LogP contribution in [0.15, 0.2) is 84.9 Å². The molecule has 0 radical (unpaired) electrons. The summed E-state index contributed by atoms with van der Waals surface area (Å²) in [6.07, 6.45) is -2.07. The van der Waals surface area contributed by atoms with Crippen LogP contribution in [-0.4, -0.2) is 38.2 Å². The van der Waals surface area contributed by atoms with Crippen molar-refractivity contribution in [3.05, 3.63) is 96.1 Å². The Labute approximate surface area is 218 Å². The predicted molar refractivity (Wildman–Crippen MR) is 136 cm³/mol. The number of hydrogen-bond acceptors (Lipinski definition) is 8. The number of nitrogens with zero attached hydrogens (tertiary/aromatic N) is 4. The van der Waals surface area contributed by atoms with Gasteiger partial charge in [0.15, 0.2) is 11.8 Å². The summed E-state index contributed by atoms with van der Waals surface area (Å²) in [5.41, 5.74) is 0.825. The number of carbonyl (C=O) groups is 4. The van der Waals surface area contributed by atoms with E-state index in [1.54, 1.807) is 60.7 Å². The largest absolute Gasteiger partial charge is 0.452 e. The minimum Gasteiger partial charge on any atom is -0.452 e. The maximum Gasteiger partial charge on any atom is 0.420 e. The van der Waals surface area contributed by atoms with Gasteiger partial charge < -0.3 is 9.47 Å². The third-order valence-corrected chi connectivity index (χ3v) is 5.54. The van der Waals surface area contributed by atoms with E-state index in [4.69, 9.17) is 9.47 Å². The molecule has 3 aromatic rings. The number of rotatable bonds is 6. The summed E-state index contributed by atoms with van der Waals surface area (Å²) in [6.45, 7) is 0. The van der Waals surface area contributed by atoms with Crippen LogP contribution in [0, 0.1) is 22.7 Å². The fraction of sp³-hybridized carbons (Fsp3) is 0.143. The summed E-state index contributed by atoms with van der Waals surface area (Å²) in [5.74, 6) is -4.31. The van der Waals surface area contributed by atoms with Crippen LogP contribution in [0.5, 0.6) is 0 Å². The molecule has 4 amide bonds. The minimum absolute atomic E-state index is 0.0268. The Morgan fingerprint density at radius 2 is 0.921 bits per heavy atom. The molecule has 0 N–H and O–H groups in total. The molecule has 2 unspecified atom stereocenters. The summed E-state index contributed by atoms with van der Waals surface area (Å²) < 4.78 is 9.53. The number of ether oxygens (including phenoxy) is 2. The molecule has 0 spiro atoms. The quantitative estimate of drug-likeness (QED) is 0.472. The van der Waals surface area contributed by atoms with Gasteiger partial charge in [-0.15, -0.1) is 0 Å². The predicted octanol–water partition coefficient (Wildman–Crippen LogP) is 4.50. The molecule has 190 valence electrons. The van der Waals surface area contributed by atoms with Crippen molar-refractivity contribution in [3.63, 3.8) is 0 Å². The van der Waals surface area contributed by atoms with E-state index in [0.29, 0.717) is 20.9 Å². The van der Waals surface area contributed by atoms with Gasteiger partial charge in [-0.3, -0.25) is 9.59 Å². The molecular weight excluding hydrogens is 488 g/mol. The highest BCUT2D eigenvalue weighted by Crippen LogP contribution is 2.28. The van der Waals surface area contributed by atoms with E-state index in [2.05, 4.69) is 0 Å². The van der Waals surface area contributed by atoms with E-state index in [1.807, 2.05) is 12.1 Å². The molecular formula is C28H22N4O6. The average molecular weight is 511 g/mol. The summed E-state index contributed by atoms with van der Waals surface area (Å²) in [5, 5.41) is 19.3. The zero-order valence-corrected chi connectivity index (χ0v) is 20.5. The van der Waals surface area contributed by atoms with Crippen molar-refractivity contribution < 1.29 is 28.7 Å². The highest BCUT2D eigenvalue weighted by atomic mass is 16.5. The highest BCUT2D eigenvalue weighted by molar-refractivity contribution is 6.17. The number of hydrogen-bond donors (Lipinski definition) is 0. The summed E-state index contributed by atoms with van der Waals surface area (Å²) in [4.78, 5) is 53.1. The van der Waals surface area contributed by atoms with Crippen LogP contribution in [0.25, 0.3) is 0 Å². The number of imide groups is 2. The number of benzene rings is 3. The molecule has 0 fully saturated rings. The summed E-state index contributed by atoms with van der Waals surface area (Å²) in [6, 6.07) is 25.4. The second kappa shape index (κ2) is 12.5. The zero-order valence-electron chi connectivity index (χ0n) is 20.5. The van der Waals surface area contributed by atoms with Crippen LogP contribution in [0.4, 0.5) is 21.0 Å². The van der Waals surface area contributed by atoms with E-state index in [1.165, 1.54) is 24.3 Å². The minimum atomic E-state index is -1.30. The van der Waals surface area contributed by atoms with Gasteiger partial charge in [-0.25, -0.2) is 19.4 Å². The molecule has 0 aliphatic rings. The Kier molecular flexibility index (Phi) is 8.90. The topological polar surface area (TPSA) is 141 Å². The molecule has 3 aromatic carbocycles. The fourth-order valence-electron chi connectivity index (χ4n) is 3.67. The van der Waals surface area contributed by atoms with Gasteiger partial charge in [0.1, 0.15) is 0 Å². The van der Waals surface area contributed by atoms with E-state index >= 15 is 0 Å². The molecule has 0 aliphatic heterocycles. The van der Waals surface area contributed by atoms with E-state index in [9.17, 15) is 29.7 Å². The van der Waals surface area contributed by atoms with Crippen molar-refractivity contribution in [1.29, 1.82) is 10.5 Å². The van der Waals surface area contributed by atoms with E-state index in [0.717, 1.165) is 14.2 Å². The maximum atomic E-state index is 13.3. The van der Waals surface area contributed by atoms with Gasteiger partial charge in [-0.2, -0.15) is 10.5 Å².